The molecule has 0 atom stereocenters. The zero-order valence-corrected chi connectivity index (χ0v) is 15.6. The first kappa shape index (κ1) is 16.5. The summed E-state index contributed by atoms with van der Waals surface area (Å²) in [5.74, 6) is 0.389. The van der Waals surface area contributed by atoms with Gasteiger partial charge in [0.25, 0.3) is 5.56 Å². The van der Waals surface area contributed by atoms with Crippen LogP contribution in [-0.2, 0) is 17.6 Å². The van der Waals surface area contributed by atoms with E-state index in [1.54, 1.807) is 22.8 Å². The maximum absolute atomic E-state index is 13.4. The molecule has 128 valence electrons. The first-order valence-corrected chi connectivity index (χ1v) is 10.2. The number of hydrogen-bond donors (Lipinski definition) is 0. The summed E-state index contributed by atoms with van der Waals surface area (Å²) in [6.07, 6.45) is 4.31. The predicted octanol–water partition coefficient (Wildman–Crippen LogP) is 4.01. The number of aromatic nitrogens is 2. The Morgan fingerprint density at radius 3 is 2.76 bits per heavy atom. The van der Waals surface area contributed by atoms with Gasteiger partial charge in [-0.25, -0.2) is 4.98 Å². The number of hydrogen-bond acceptors (Lipinski definition) is 5. The third kappa shape index (κ3) is 3.04. The molecule has 0 amide bonds. The van der Waals surface area contributed by atoms with Crippen LogP contribution in [0.3, 0.4) is 0 Å². The van der Waals surface area contributed by atoms with Gasteiger partial charge in [0.2, 0.25) is 0 Å². The topological polar surface area (TPSA) is 52.0 Å². The van der Waals surface area contributed by atoms with E-state index in [-0.39, 0.29) is 11.3 Å². The van der Waals surface area contributed by atoms with E-state index in [4.69, 9.17) is 4.98 Å². The highest BCUT2D eigenvalue weighted by Crippen LogP contribution is 2.35. The molecule has 0 saturated heterocycles. The molecule has 3 aromatic rings. The van der Waals surface area contributed by atoms with Gasteiger partial charge in [-0.3, -0.25) is 14.2 Å². The van der Waals surface area contributed by atoms with E-state index < -0.39 is 0 Å². The van der Waals surface area contributed by atoms with Crippen LogP contribution in [0.2, 0.25) is 0 Å². The van der Waals surface area contributed by atoms with Gasteiger partial charge in [-0.2, -0.15) is 0 Å². The maximum Gasteiger partial charge on any atom is 0.267 e. The molecule has 0 spiro atoms. The van der Waals surface area contributed by atoms with E-state index in [0.29, 0.717) is 10.9 Å². The smallest absolute Gasteiger partial charge is 0.267 e. The van der Waals surface area contributed by atoms with Crippen LogP contribution >= 0.6 is 23.1 Å². The molecule has 1 aliphatic carbocycles. The van der Waals surface area contributed by atoms with Gasteiger partial charge < -0.3 is 0 Å². The molecule has 0 bridgehead atoms. The summed E-state index contributed by atoms with van der Waals surface area (Å²) in [6.45, 7) is 1.56. The van der Waals surface area contributed by atoms with E-state index in [2.05, 4.69) is 0 Å². The molecule has 6 heteroatoms. The van der Waals surface area contributed by atoms with Crippen LogP contribution in [0.25, 0.3) is 15.9 Å². The van der Waals surface area contributed by atoms with Crippen molar-refractivity contribution >= 4 is 39.1 Å². The second-order valence-electron chi connectivity index (χ2n) is 6.25. The van der Waals surface area contributed by atoms with Gasteiger partial charge in [0.1, 0.15) is 10.6 Å². The van der Waals surface area contributed by atoms with E-state index in [1.807, 2.05) is 30.3 Å². The van der Waals surface area contributed by atoms with Crippen molar-refractivity contribution in [1.29, 1.82) is 0 Å². The molecule has 4 nitrogen and oxygen atoms in total. The minimum atomic E-state index is -0.0124. The van der Waals surface area contributed by atoms with Gasteiger partial charge in [-0.1, -0.05) is 30.0 Å². The fourth-order valence-corrected chi connectivity index (χ4v) is 5.37. The molecule has 25 heavy (non-hydrogen) atoms. The summed E-state index contributed by atoms with van der Waals surface area (Å²) in [4.78, 5) is 31.7. The molecule has 4 rings (SSSR count). The van der Waals surface area contributed by atoms with E-state index in [1.165, 1.54) is 28.6 Å². The highest BCUT2D eigenvalue weighted by atomic mass is 32.2. The van der Waals surface area contributed by atoms with Crippen molar-refractivity contribution in [3.8, 4) is 5.69 Å². The average molecular weight is 370 g/mol. The van der Waals surface area contributed by atoms with Gasteiger partial charge in [-0.15, -0.1) is 11.3 Å². The Hall–Kier alpha value is -1.92. The van der Waals surface area contributed by atoms with Gasteiger partial charge in [0.05, 0.1) is 16.8 Å². The Labute approximate surface area is 153 Å². The molecule has 2 aromatic heterocycles. The number of fused-ring (bicyclic) bond motifs is 3. The third-order valence-corrected chi connectivity index (χ3v) is 6.65. The third-order valence-electron chi connectivity index (χ3n) is 4.38. The Balaban J connectivity index is 1.98. The molecule has 1 aromatic carbocycles. The average Bonchev–Trinajstić information content (AvgIpc) is 2.99. The van der Waals surface area contributed by atoms with Crippen LogP contribution in [0.4, 0.5) is 0 Å². The lowest BCUT2D eigenvalue weighted by atomic mass is 9.97. The number of thioether (sulfide) groups is 1. The Bertz CT molecular complexity index is 1010. The molecule has 0 saturated carbocycles. The highest BCUT2D eigenvalue weighted by Gasteiger charge is 2.22. The molecular weight excluding hydrogens is 352 g/mol. The van der Waals surface area contributed by atoms with Crippen LogP contribution in [0, 0.1) is 0 Å². The predicted molar refractivity (Wildman–Crippen MR) is 103 cm³/mol. The van der Waals surface area contributed by atoms with Gasteiger partial charge in [0.15, 0.2) is 5.16 Å². The van der Waals surface area contributed by atoms with Crippen LogP contribution in [0.5, 0.6) is 0 Å². The number of benzene rings is 1. The maximum atomic E-state index is 13.4. The Morgan fingerprint density at radius 1 is 1.24 bits per heavy atom. The Kier molecular flexibility index (Phi) is 4.48. The van der Waals surface area contributed by atoms with Crippen molar-refractivity contribution in [3.05, 3.63) is 51.1 Å². The lowest BCUT2D eigenvalue weighted by Gasteiger charge is -2.13. The first-order chi connectivity index (χ1) is 12.1. The van der Waals surface area contributed by atoms with E-state index in [0.717, 1.165) is 35.2 Å². The van der Waals surface area contributed by atoms with Gasteiger partial charge >= 0.3 is 0 Å². The zero-order valence-electron chi connectivity index (χ0n) is 13.9. The quantitative estimate of drug-likeness (QED) is 0.514. The molecule has 1 aliphatic rings. The first-order valence-electron chi connectivity index (χ1n) is 8.40. The molecule has 0 N–H and O–H groups in total. The van der Waals surface area contributed by atoms with Crippen molar-refractivity contribution in [2.75, 3.05) is 5.75 Å². The molecule has 2 heterocycles. The minimum absolute atomic E-state index is 0.0124. The standard InChI is InChI=1S/C19H18N2O2S2/c1-12(22)11-24-19-20-17-16(14-9-5-6-10-15(14)25-17)18(23)21(19)13-7-3-2-4-8-13/h2-4,7-8H,5-6,9-11H2,1H3. The van der Waals surface area contributed by atoms with Crippen molar-refractivity contribution in [2.45, 2.75) is 37.8 Å². The van der Waals surface area contributed by atoms with Crippen molar-refractivity contribution in [3.63, 3.8) is 0 Å². The monoisotopic (exact) mass is 370 g/mol. The van der Waals surface area contributed by atoms with Crippen molar-refractivity contribution < 1.29 is 4.79 Å². The van der Waals surface area contributed by atoms with Gasteiger partial charge in [0, 0.05) is 4.88 Å². The number of para-hydroxylation sites is 1. The zero-order chi connectivity index (χ0) is 17.4. The molecule has 0 unspecified atom stereocenters. The largest absolute Gasteiger partial charge is 0.299 e. The normalized spacial score (nSPS) is 13.8. The summed E-state index contributed by atoms with van der Waals surface area (Å²) < 4.78 is 1.66. The van der Waals surface area contributed by atoms with Crippen LogP contribution in [0.1, 0.15) is 30.2 Å². The fourth-order valence-electron chi connectivity index (χ4n) is 3.25. The number of thiophene rings is 1. The number of carbonyl (C=O) groups is 1. The number of carbonyl (C=O) groups excluding carboxylic acids is 1. The second kappa shape index (κ2) is 6.77. The number of rotatable bonds is 4. The number of aryl methyl sites for hydroxylation is 2. The van der Waals surface area contributed by atoms with Crippen LogP contribution < -0.4 is 5.56 Å². The van der Waals surface area contributed by atoms with Crippen molar-refractivity contribution in [2.24, 2.45) is 0 Å². The minimum Gasteiger partial charge on any atom is -0.299 e. The SMILES string of the molecule is CC(=O)CSc1nc2sc3c(c2c(=O)n1-c1ccccc1)CCCC3. The summed E-state index contributed by atoms with van der Waals surface area (Å²) in [6, 6.07) is 9.56. The van der Waals surface area contributed by atoms with E-state index in [9.17, 15) is 9.59 Å². The molecular formula is C19H18N2O2S2. The lowest BCUT2D eigenvalue weighted by Crippen LogP contribution is -2.22. The molecule has 0 radical (unpaired) electrons. The summed E-state index contributed by atoms with van der Waals surface area (Å²) in [5.41, 5.74) is 1.97. The Morgan fingerprint density at radius 2 is 2.00 bits per heavy atom. The molecule has 0 fully saturated rings. The highest BCUT2D eigenvalue weighted by molar-refractivity contribution is 7.99. The summed E-state index contributed by atoms with van der Waals surface area (Å²) in [7, 11) is 0. The number of ketones is 1. The number of nitrogens with zero attached hydrogens (tertiary/aromatic N) is 2. The fraction of sp³-hybridized carbons (Fsp3) is 0.316. The number of Topliss-reactive ketones (excluding diaryl/α,β-unsaturated/α-hetero) is 1. The van der Waals surface area contributed by atoms with Crippen LogP contribution in [-0.4, -0.2) is 21.1 Å². The summed E-state index contributed by atoms with van der Waals surface area (Å²) >= 11 is 2.98. The van der Waals surface area contributed by atoms with E-state index >= 15 is 0 Å². The molecule has 0 aliphatic heterocycles. The summed E-state index contributed by atoms with van der Waals surface area (Å²) in [5, 5.41) is 1.37. The lowest BCUT2D eigenvalue weighted by molar-refractivity contribution is -0.114. The van der Waals surface area contributed by atoms with Gasteiger partial charge in [-0.05, 0) is 50.3 Å². The van der Waals surface area contributed by atoms with Crippen LogP contribution in [0.15, 0.2) is 40.3 Å². The second-order valence-corrected chi connectivity index (χ2v) is 8.28. The van der Waals surface area contributed by atoms with Crippen molar-refractivity contribution in [1.82, 2.24) is 9.55 Å².